The Morgan fingerprint density at radius 1 is 1.71 bits per heavy atom. The van der Waals surface area contributed by atoms with E-state index in [-0.39, 0.29) is 11.9 Å². The minimum atomic E-state index is -0.176. The first-order valence-electron chi connectivity index (χ1n) is 5.56. The summed E-state index contributed by atoms with van der Waals surface area (Å²) in [6.07, 6.45) is 9.47. The number of hydrogen-bond donors (Lipinski definition) is 1. The van der Waals surface area contributed by atoms with Crippen LogP contribution >= 0.6 is 0 Å². The van der Waals surface area contributed by atoms with Crippen molar-refractivity contribution >= 4 is 5.91 Å². The smallest absolute Gasteiger partial charge is 0.271 e. The maximum absolute atomic E-state index is 11.6. The van der Waals surface area contributed by atoms with E-state index >= 15 is 0 Å². The maximum Gasteiger partial charge on any atom is 0.271 e. The van der Waals surface area contributed by atoms with E-state index in [1.165, 1.54) is 0 Å². The number of carbonyl (C=O) groups is 1. The lowest BCUT2D eigenvalue weighted by Gasteiger charge is -2.04. The highest BCUT2D eigenvalue weighted by Gasteiger charge is 2.09. The molecular formula is C12H17N3O2. The van der Waals surface area contributed by atoms with Crippen molar-refractivity contribution in [2.45, 2.75) is 26.3 Å². The first-order chi connectivity index (χ1) is 8.15. The van der Waals surface area contributed by atoms with Crippen LogP contribution in [-0.2, 0) is 4.74 Å². The van der Waals surface area contributed by atoms with Gasteiger partial charge in [-0.2, -0.15) is 5.10 Å². The number of terminal acetylenes is 1. The molecule has 0 radical (unpaired) electrons. The van der Waals surface area contributed by atoms with Crippen molar-refractivity contribution in [1.29, 1.82) is 0 Å². The molecule has 0 aliphatic rings. The summed E-state index contributed by atoms with van der Waals surface area (Å²) in [5.74, 6) is -0.176. The lowest BCUT2D eigenvalue weighted by atomic mass is 10.4. The second-order valence-corrected chi connectivity index (χ2v) is 3.85. The molecule has 0 aliphatic carbocycles. The van der Waals surface area contributed by atoms with Gasteiger partial charge in [-0.3, -0.25) is 9.48 Å². The van der Waals surface area contributed by atoms with Gasteiger partial charge < -0.3 is 10.1 Å². The van der Waals surface area contributed by atoms with E-state index in [1.807, 2.05) is 13.8 Å². The number of aromatic nitrogens is 2. The Kier molecular flexibility index (Phi) is 5.08. The quantitative estimate of drug-likeness (QED) is 0.595. The summed E-state index contributed by atoms with van der Waals surface area (Å²) in [7, 11) is 0. The molecule has 1 heterocycles. The molecule has 92 valence electrons. The van der Waals surface area contributed by atoms with Crippen molar-refractivity contribution in [3.8, 4) is 12.5 Å². The summed E-state index contributed by atoms with van der Waals surface area (Å²) in [5, 5.41) is 6.91. The van der Waals surface area contributed by atoms with E-state index in [0.717, 1.165) is 0 Å². The van der Waals surface area contributed by atoms with E-state index in [2.05, 4.69) is 16.5 Å². The van der Waals surface area contributed by atoms with Crippen molar-refractivity contribution in [3.05, 3.63) is 18.0 Å². The third-order valence-electron chi connectivity index (χ3n) is 2.16. The van der Waals surface area contributed by atoms with Gasteiger partial charge in [-0.05, 0) is 26.3 Å². The Morgan fingerprint density at radius 3 is 3.06 bits per heavy atom. The Labute approximate surface area is 101 Å². The summed E-state index contributed by atoms with van der Waals surface area (Å²) in [4.78, 5) is 11.6. The van der Waals surface area contributed by atoms with Crippen molar-refractivity contribution < 1.29 is 9.53 Å². The Hall–Kier alpha value is -1.96. The standard InChI is InChI=1S/C12H17N3O2/c1-4-17-9-5-7-13-12(16)11-6-8-15(14-11)10(2)3/h1,6,8,10H,5,7,9H2,2-3H3,(H,13,16). The van der Waals surface area contributed by atoms with Gasteiger partial charge in [0.25, 0.3) is 5.91 Å². The van der Waals surface area contributed by atoms with Gasteiger partial charge in [-0.1, -0.05) is 6.42 Å². The minimum Gasteiger partial charge on any atom is -0.447 e. The van der Waals surface area contributed by atoms with Gasteiger partial charge in [-0.15, -0.1) is 0 Å². The van der Waals surface area contributed by atoms with Gasteiger partial charge in [0, 0.05) is 18.8 Å². The molecule has 1 amide bonds. The van der Waals surface area contributed by atoms with Crippen molar-refractivity contribution in [1.82, 2.24) is 15.1 Å². The summed E-state index contributed by atoms with van der Waals surface area (Å²) >= 11 is 0. The fourth-order valence-electron chi connectivity index (χ4n) is 1.24. The average Bonchev–Trinajstić information content (AvgIpc) is 2.78. The molecule has 0 fully saturated rings. The fraction of sp³-hybridized carbons (Fsp3) is 0.500. The second kappa shape index (κ2) is 6.59. The zero-order valence-corrected chi connectivity index (χ0v) is 10.1. The summed E-state index contributed by atoms with van der Waals surface area (Å²) in [6.45, 7) is 4.98. The van der Waals surface area contributed by atoms with Crippen LogP contribution in [0.25, 0.3) is 0 Å². The van der Waals surface area contributed by atoms with Crippen molar-refractivity contribution in [2.75, 3.05) is 13.2 Å². The molecule has 17 heavy (non-hydrogen) atoms. The second-order valence-electron chi connectivity index (χ2n) is 3.85. The number of carbonyl (C=O) groups excluding carboxylic acids is 1. The summed E-state index contributed by atoms with van der Waals surface area (Å²) in [5.41, 5.74) is 0.427. The maximum atomic E-state index is 11.6. The van der Waals surface area contributed by atoms with E-state index < -0.39 is 0 Å². The first kappa shape index (κ1) is 13.1. The van der Waals surface area contributed by atoms with Crippen LogP contribution in [0.4, 0.5) is 0 Å². The molecule has 5 heteroatoms. The Bertz CT molecular complexity index is 404. The number of rotatable bonds is 6. The van der Waals surface area contributed by atoms with Gasteiger partial charge in [0.1, 0.15) is 18.4 Å². The normalized spacial score (nSPS) is 10.0. The molecule has 1 aromatic rings. The topological polar surface area (TPSA) is 56.1 Å². The van der Waals surface area contributed by atoms with Gasteiger partial charge in [0.15, 0.2) is 0 Å². The monoisotopic (exact) mass is 235 g/mol. The van der Waals surface area contributed by atoms with Gasteiger partial charge in [0.2, 0.25) is 0 Å². The number of amides is 1. The summed E-state index contributed by atoms with van der Waals surface area (Å²) in [6, 6.07) is 1.95. The highest BCUT2D eigenvalue weighted by molar-refractivity contribution is 5.92. The van der Waals surface area contributed by atoms with Gasteiger partial charge >= 0.3 is 0 Å². The summed E-state index contributed by atoms with van der Waals surface area (Å²) < 4.78 is 6.46. The lowest BCUT2D eigenvalue weighted by molar-refractivity contribution is 0.0945. The van der Waals surface area contributed by atoms with Crippen LogP contribution in [0.2, 0.25) is 0 Å². The van der Waals surface area contributed by atoms with E-state index in [9.17, 15) is 4.79 Å². The van der Waals surface area contributed by atoms with Crippen LogP contribution in [0.3, 0.4) is 0 Å². The molecule has 0 atom stereocenters. The fourth-order valence-corrected chi connectivity index (χ4v) is 1.24. The predicted octanol–water partition coefficient (Wildman–Crippen LogP) is 1.19. The zero-order valence-electron chi connectivity index (χ0n) is 10.1. The lowest BCUT2D eigenvalue weighted by Crippen LogP contribution is -2.25. The number of nitrogens with one attached hydrogen (secondary N) is 1. The highest BCUT2D eigenvalue weighted by Crippen LogP contribution is 2.03. The van der Waals surface area contributed by atoms with E-state index in [4.69, 9.17) is 11.2 Å². The third kappa shape index (κ3) is 4.19. The average molecular weight is 235 g/mol. The van der Waals surface area contributed by atoms with Crippen LogP contribution in [0.15, 0.2) is 12.3 Å². The molecule has 0 unspecified atom stereocenters. The third-order valence-corrected chi connectivity index (χ3v) is 2.16. The van der Waals surface area contributed by atoms with Crippen LogP contribution in [-0.4, -0.2) is 28.8 Å². The molecular weight excluding hydrogens is 218 g/mol. The number of ether oxygens (including phenoxy) is 1. The predicted molar refractivity (Wildman–Crippen MR) is 64.3 cm³/mol. The molecule has 1 aromatic heterocycles. The SMILES string of the molecule is C#COCCCNC(=O)c1ccn(C(C)C)n1. The molecule has 1 rings (SSSR count). The van der Waals surface area contributed by atoms with E-state index in [1.54, 1.807) is 16.9 Å². The zero-order chi connectivity index (χ0) is 12.7. The molecule has 5 nitrogen and oxygen atoms in total. The largest absolute Gasteiger partial charge is 0.447 e. The Balaban J connectivity index is 2.34. The molecule has 0 bridgehead atoms. The molecule has 0 aromatic carbocycles. The van der Waals surface area contributed by atoms with Gasteiger partial charge in [0.05, 0.1) is 0 Å². The molecule has 0 spiro atoms. The molecule has 0 saturated heterocycles. The number of nitrogens with zero attached hydrogens (tertiary/aromatic N) is 2. The molecule has 1 N–H and O–H groups in total. The van der Waals surface area contributed by atoms with Crippen LogP contribution < -0.4 is 5.32 Å². The van der Waals surface area contributed by atoms with Crippen LogP contribution in [0, 0.1) is 12.5 Å². The molecule has 0 saturated carbocycles. The highest BCUT2D eigenvalue weighted by atomic mass is 16.5. The minimum absolute atomic E-state index is 0.176. The van der Waals surface area contributed by atoms with E-state index in [0.29, 0.717) is 25.3 Å². The van der Waals surface area contributed by atoms with Crippen molar-refractivity contribution in [3.63, 3.8) is 0 Å². The van der Waals surface area contributed by atoms with Crippen molar-refractivity contribution in [2.24, 2.45) is 0 Å². The molecule has 0 aliphatic heterocycles. The number of hydrogen-bond acceptors (Lipinski definition) is 3. The Morgan fingerprint density at radius 2 is 2.47 bits per heavy atom. The van der Waals surface area contributed by atoms with Crippen LogP contribution in [0.5, 0.6) is 0 Å². The van der Waals surface area contributed by atoms with Crippen LogP contribution in [0.1, 0.15) is 36.8 Å². The van der Waals surface area contributed by atoms with Gasteiger partial charge in [-0.25, -0.2) is 0 Å². The first-order valence-corrected chi connectivity index (χ1v) is 5.56.